The summed E-state index contributed by atoms with van der Waals surface area (Å²) in [5.74, 6) is 0. The van der Waals surface area contributed by atoms with E-state index in [0.717, 1.165) is 0 Å². The van der Waals surface area contributed by atoms with Crippen LogP contribution in [0.15, 0.2) is 0 Å². The van der Waals surface area contributed by atoms with E-state index in [0.29, 0.717) is 0 Å². The largest absolute Gasteiger partial charge is 3.00 e. The minimum Gasteiger partial charge on any atom is -1.00 e. The maximum atomic E-state index is 7.50. The van der Waals surface area contributed by atoms with E-state index < -0.39 is 0 Å². The van der Waals surface area contributed by atoms with Crippen molar-refractivity contribution in [3.63, 3.8) is 0 Å². The van der Waals surface area contributed by atoms with Gasteiger partial charge in [-0.15, -0.1) is 0 Å². The predicted octanol–water partition coefficient (Wildman–Crippen LogP) is -9.39. The molecule has 0 spiro atoms. The molecule has 2 radical (unpaired) electrons. The first-order chi connectivity index (χ1) is 1.00. The third kappa shape index (κ3) is 59.0. The summed E-state index contributed by atoms with van der Waals surface area (Å²) in [6, 6.07) is 0. The van der Waals surface area contributed by atoms with Crippen LogP contribution in [0.1, 0.15) is 0 Å². The summed E-state index contributed by atoms with van der Waals surface area (Å²) in [6.45, 7) is 4.50. The van der Waals surface area contributed by atoms with E-state index in [2.05, 4.69) is 6.79 Å². The molecule has 0 rings (SSSR count). The molecule has 42 valence electrons. The SMILES string of the molecule is [Au+3].[C]=O.[Cl-].[Cl-].[Cl-]. The normalized spacial score (nSPS) is 0.667. The van der Waals surface area contributed by atoms with E-state index in [4.69, 9.17) is 4.79 Å². The molecule has 0 aliphatic heterocycles. The van der Waals surface area contributed by atoms with Gasteiger partial charge in [0.05, 0.1) is 0 Å². The van der Waals surface area contributed by atoms with Gasteiger partial charge < -0.3 is 37.2 Å². The van der Waals surface area contributed by atoms with Crippen molar-refractivity contribution < 1.29 is 64.4 Å². The Morgan fingerprint density at radius 1 is 0.833 bits per heavy atom. The zero-order valence-electron chi connectivity index (χ0n) is 2.34. The second-order valence-corrected chi connectivity index (χ2v) is 0. The Morgan fingerprint density at radius 3 is 0.833 bits per heavy atom. The third-order valence-electron chi connectivity index (χ3n) is 0. The molecule has 0 fully saturated rings. The molecule has 0 amide bonds. The summed E-state index contributed by atoms with van der Waals surface area (Å²) in [7, 11) is 0. The Labute approximate surface area is 71.0 Å². The first-order valence-corrected chi connectivity index (χ1v) is 0.204. The Kier molecular flexibility index (Phi) is 983. The average Bonchev–Trinajstić information content (AvgIpc) is 1.00. The van der Waals surface area contributed by atoms with Gasteiger partial charge in [0.25, 0.3) is 6.79 Å². The van der Waals surface area contributed by atoms with Crippen LogP contribution in [0, 0.1) is 0 Å². The maximum Gasteiger partial charge on any atom is 3.00 e. The number of carbonyl (C=O) groups excluding carboxylic acids is 1. The first-order valence-electron chi connectivity index (χ1n) is 0.204. The van der Waals surface area contributed by atoms with Crippen LogP contribution in [0.4, 0.5) is 0 Å². The Balaban J connectivity index is -0.000000000833. The van der Waals surface area contributed by atoms with E-state index >= 15 is 0 Å². The van der Waals surface area contributed by atoms with Gasteiger partial charge >= 0.3 is 22.4 Å². The van der Waals surface area contributed by atoms with Gasteiger partial charge in [0.1, 0.15) is 0 Å². The van der Waals surface area contributed by atoms with E-state index in [-0.39, 0.29) is 59.6 Å². The fourth-order valence-electron chi connectivity index (χ4n) is 0. The zero-order chi connectivity index (χ0) is 2.00. The molecular formula is CAuCl3O. The van der Waals surface area contributed by atoms with Crippen LogP contribution in [-0.2, 0) is 27.2 Å². The average molecular weight is 331 g/mol. The summed E-state index contributed by atoms with van der Waals surface area (Å²) in [4.78, 5) is 7.50. The fourth-order valence-corrected chi connectivity index (χ4v) is 0. The molecular weight excluding hydrogens is 331 g/mol. The van der Waals surface area contributed by atoms with Gasteiger partial charge in [-0.2, -0.15) is 0 Å². The van der Waals surface area contributed by atoms with Gasteiger partial charge in [-0.3, -0.25) is 4.79 Å². The fraction of sp³-hybridized carbons (Fsp3) is 0. The molecule has 0 saturated heterocycles. The van der Waals surface area contributed by atoms with Crippen molar-refractivity contribution in [2.45, 2.75) is 0 Å². The van der Waals surface area contributed by atoms with Crippen LogP contribution in [0.3, 0.4) is 0 Å². The van der Waals surface area contributed by atoms with Gasteiger partial charge in [0, 0.05) is 0 Å². The smallest absolute Gasteiger partial charge is 1.00 e. The van der Waals surface area contributed by atoms with Gasteiger partial charge in [0.2, 0.25) is 0 Å². The Morgan fingerprint density at radius 2 is 0.833 bits per heavy atom. The van der Waals surface area contributed by atoms with Crippen molar-refractivity contribution in [2.75, 3.05) is 0 Å². The molecule has 0 heterocycles. The van der Waals surface area contributed by atoms with Gasteiger partial charge in [-0.25, -0.2) is 0 Å². The third-order valence-corrected chi connectivity index (χ3v) is 0. The molecule has 0 aromatic heterocycles. The van der Waals surface area contributed by atoms with Gasteiger partial charge in [-0.1, -0.05) is 0 Å². The summed E-state index contributed by atoms with van der Waals surface area (Å²) in [5.41, 5.74) is 0. The maximum absolute atomic E-state index is 7.50. The van der Waals surface area contributed by atoms with Crippen LogP contribution in [-0.4, -0.2) is 6.79 Å². The van der Waals surface area contributed by atoms with Crippen LogP contribution in [0.5, 0.6) is 0 Å². The quantitative estimate of drug-likeness (QED) is 0.403. The van der Waals surface area contributed by atoms with E-state index in [1.54, 1.807) is 0 Å². The van der Waals surface area contributed by atoms with Crippen molar-refractivity contribution in [1.29, 1.82) is 0 Å². The minimum atomic E-state index is 0. The van der Waals surface area contributed by atoms with E-state index in [1.165, 1.54) is 0 Å². The second kappa shape index (κ2) is 107. The minimum absolute atomic E-state index is 0. The van der Waals surface area contributed by atoms with Crippen molar-refractivity contribution in [3.8, 4) is 0 Å². The molecule has 5 heteroatoms. The molecule has 0 aliphatic carbocycles. The van der Waals surface area contributed by atoms with E-state index in [9.17, 15) is 0 Å². The molecule has 0 atom stereocenters. The first kappa shape index (κ1) is 55.2. The van der Waals surface area contributed by atoms with Gasteiger partial charge in [0.15, 0.2) is 0 Å². The predicted molar refractivity (Wildman–Crippen MR) is 5.69 cm³/mol. The van der Waals surface area contributed by atoms with Crippen molar-refractivity contribution in [1.82, 2.24) is 0 Å². The van der Waals surface area contributed by atoms with Crippen molar-refractivity contribution in [2.24, 2.45) is 0 Å². The Bertz CT molecular complexity index is 10.8. The van der Waals surface area contributed by atoms with Crippen LogP contribution in [0.25, 0.3) is 0 Å². The van der Waals surface area contributed by atoms with Gasteiger partial charge in [-0.05, 0) is 0 Å². The van der Waals surface area contributed by atoms with Crippen LogP contribution in [0.2, 0.25) is 0 Å². The molecule has 0 aromatic rings. The standard InChI is InChI=1S/CO.Au.3ClH/c1-2;;;;/h;;3*1H/q;+3;;;/p-3. The van der Waals surface area contributed by atoms with E-state index in [1.807, 2.05) is 0 Å². The number of rotatable bonds is 0. The molecule has 0 aromatic carbocycles. The Hall–Kier alpha value is 1.28. The summed E-state index contributed by atoms with van der Waals surface area (Å²) in [6.07, 6.45) is 0. The monoisotopic (exact) mass is 330 g/mol. The summed E-state index contributed by atoms with van der Waals surface area (Å²) >= 11 is 0. The molecule has 0 aliphatic rings. The van der Waals surface area contributed by atoms with Crippen molar-refractivity contribution in [3.05, 3.63) is 0 Å². The number of hydrogen-bond acceptors (Lipinski definition) is 1. The molecule has 0 unspecified atom stereocenters. The summed E-state index contributed by atoms with van der Waals surface area (Å²) < 4.78 is 0. The molecule has 6 heavy (non-hydrogen) atoms. The summed E-state index contributed by atoms with van der Waals surface area (Å²) in [5, 5.41) is 0. The molecule has 1 nitrogen and oxygen atoms in total. The number of hydrogen-bond donors (Lipinski definition) is 0. The van der Waals surface area contributed by atoms with Crippen molar-refractivity contribution >= 4 is 6.79 Å². The van der Waals surface area contributed by atoms with Crippen LogP contribution >= 0.6 is 0 Å². The second-order valence-electron chi connectivity index (χ2n) is 0. The number of halogens is 3. The zero-order valence-corrected chi connectivity index (χ0v) is 6.78. The molecule has 0 saturated carbocycles. The van der Waals surface area contributed by atoms with Crippen LogP contribution < -0.4 is 37.2 Å². The topological polar surface area (TPSA) is 17.1 Å². The molecule has 0 bridgehead atoms. The molecule has 0 N–H and O–H groups in total.